The second-order valence-corrected chi connectivity index (χ2v) is 5.68. The predicted molar refractivity (Wildman–Crippen MR) is 60.5 cm³/mol. The third-order valence-electron chi connectivity index (χ3n) is 1.86. The second-order valence-electron chi connectivity index (χ2n) is 4.09. The van der Waals surface area contributed by atoms with Gasteiger partial charge in [-0.05, 0) is 42.8 Å². The van der Waals surface area contributed by atoms with E-state index in [-0.39, 0.29) is 5.41 Å². The summed E-state index contributed by atoms with van der Waals surface area (Å²) in [6.07, 6.45) is 0. The molecule has 0 aliphatic heterocycles. The predicted octanol–water partition coefficient (Wildman–Crippen LogP) is 4.79. The molecule has 1 aromatic carbocycles. The molecule has 0 aliphatic carbocycles. The summed E-state index contributed by atoms with van der Waals surface area (Å²) >= 11 is 6.26. The minimum Gasteiger partial charge on any atom is -0.206 e. The van der Waals surface area contributed by atoms with Gasteiger partial charge in [-0.3, -0.25) is 0 Å². The number of halogens is 4. The fourth-order valence-corrected chi connectivity index (χ4v) is 3.31. The Morgan fingerprint density at radius 3 is 1.64 bits per heavy atom. The lowest BCUT2D eigenvalue weighted by atomic mass is 9.87. The molecule has 0 heterocycles. The van der Waals surface area contributed by atoms with E-state index in [1.54, 1.807) is 0 Å². The Balaban J connectivity index is 3.56. The van der Waals surface area contributed by atoms with E-state index in [1.165, 1.54) is 0 Å². The Hall–Kier alpha value is 0.0400. The van der Waals surface area contributed by atoms with Gasteiger partial charge in [0.1, 0.15) is 11.6 Å². The van der Waals surface area contributed by atoms with E-state index in [4.69, 9.17) is 0 Å². The quantitative estimate of drug-likeness (QED) is 0.601. The Labute approximate surface area is 99.0 Å². The van der Waals surface area contributed by atoms with Crippen LogP contribution in [0.1, 0.15) is 26.3 Å². The van der Waals surface area contributed by atoms with Gasteiger partial charge in [-0.2, -0.15) is 0 Å². The molecular formula is C10H10Br2F2. The van der Waals surface area contributed by atoms with Crippen LogP contribution in [0, 0.1) is 11.6 Å². The highest BCUT2D eigenvalue weighted by Crippen LogP contribution is 2.38. The zero-order chi connectivity index (χ0) is 11.1. The van der Waals surface area contributed by atoms with Gasteiger partial charge in [0.25, 0.3) is 0 Å². The van der Waals surface area contributed by atoms with Crippen molar-refractivity contribution in [1.29, 1.82) is 0 Å². The number of benzene rings is 1. The first kappa shape index (κ1) is 12.1. The standard InChI is InChI=1S/C10H10Br2F2/c1-10(2,3)7-8(11)5(13)4-6(14)9(7)12/h4H,1-3H3. The van der Waals surface area contributed by atoms with Crippen molar-refractivity contribution in [3.05, 3.63) is 32.2 Å². The molecule has 0 aliphatic rings. The molecule has 1 rings (SSSR count). The highest BCUT2D eigenvalue weighted by molar-refractivity contribution is 9.11. The third kappa shape index (κ3) is 2.16. The Morgan fingerprint density at radius 2 is 1.36 bits per heavy atom. The van der Waals surface area contributed by atoms with Gasteiger partial charge in [-0.25, -0.2) is 8.78 Å². The molecule has 0 spiro atoms. The average molecular weight is 328 g/mol. The SMILES string of the molecule is CC(C)(C)c1c(Br)c(F)cc(F)c1Br. The lowest BCUT2D eigenvalue weighted by Gasteiger charge is -2.23. The Morgan fingerprint density at radius 1 is 1.00 bits per heavy atom. The lowest BCUT2D eigenvalue weighted by molar-refractivity contribution is 0.532. The monoisotopic (exact) mass is 326 g/mol. The summed E-state index contributed by atoms with van der Waals surface area (Å²) < 4.78 is 27.1. The van der Waals surface area contributed by atoms with Crippen molar-refractivity contribution < 1.29 is 8.78 Å². The molecule has 0 radical (unpaired) electrons. The molecule has 0 unspecified atom stereocenters. The van der Waals surface area contributed by atoms with Crippen LogP contribution in [0.5, 0.6) is 0 Å². The highest BCUT2D eigenvalue weighted by atomic mass is 79.9. The van der Waals surface area contributed by atoms with Gasteiger partial charge in [-0.1, -0.05) is 20.8 Å². The van der Waals surface area contributed by atoms with Gasteiger partial charge in [0, 0.05) is 6.07 Å². The highest BCUT2D eigenvalue weighted by Gasteiger charge is 2.25. The molecule has 0 fully saturated rings. The average Bonchev–Trinajstić information content (AvgIpc) is 1.98. The third-order valence-corrected chi connectivity index (χ3v) is 3.41. The van der Waals surface area contributed by atoms with Crippen LogP contribution in [0.15, 0.2) is 15.0 Å². The zero-order valence-corrected chi connectivity index (χ0v) is 11.3. The summed E-state index contributed by atoms with van der Waals surface area (Å²) in [5.74, 6) is -1.15. The Bertz CT molecular complexity index is 341. The van der Waals surface area contributed by atoms with Crippen molar-refractivity contribution in [1.82, 2.24) is 0 Å². The summed E-state index contributed by atoms with van der Waals surface area (Å²) in [6, 6.07) is 0.864. The summed E-state index contributed by atoms with van der Waals surface area (Å²) in [4.78, 5) is 0. The van der Waals surface area contributed by atoms with Crippen molar-refractivity contribution >= 4 is 31.9 Å². The molecule has 0 nitrogen and oxygen atoms in total. The van der Waals surface area contributed by atoms with Gasteiger partial charge in [0.05, 0.1) is 8.95 Å². The lowest BCUT2D eigenvalue weighted by Crippen LogP contribution is -2.14. The van der Waals surface area contributed by atoms with Crippen molar-refractivity contribution in [2.24, 2.45) is 0 Å². The van der Waals surface area contributed by atoms with Crippen LogP contribution in [-0.2, 0) is 5.41 Å². The molecular weight excluding hydrogens is 318 g/mol. The maximum atomic E-state index is 13.2. The van der Waals surface area contributed by atoms with E-state index in [2.05, 4.69) is 31.9 Å². The number of rotatable bonds is 0. The van der Waals surface area contributed by atoms with Crippen LogP contribution in [-0.4, -0.2) is 0 Å². The van der Waals surface area contributed by atoms with Crippen LogP contribution in [0.4, 0.5) is 8.78 Å². The van der Waals surface area contributed by atoms with Crippen LogP contribution < -0.4 is 0 Å². The van der Waals surface area contributed by atoms with Crippen molar-refractivity contribution in [3.8, 4) is 0 Å². The van der Waals surface area contributed by atoms with E-state index in [1.807, 2.05) is 20.8 Å². The first-order chi connectivity index (χ1) is 6.25. The van der Waals surface area contributed by atoms with Crippen LogP contribution >= 0.6 is 31.9 Å². The number of hydrogen-bond acceptors (Lipinski definition) is 0. The van der Waals surface area contributed by atoms with Gasteiger partial charge < -0.3 is 0 Å². The van der Waals surface area contributed by atoms with Crippen molar-refractivity contribution in [2.75, 3.05) is 0 Å². The maximum absolute atomic E-state index is 13.2. The van der Waals surface area contributed by atoms with Crippen molar-refractivity contribution in [2.45, 2.75) is 26.2 Å². The first-order valence-corrected chi connectivity index (χ1v) is 5.67. The minimum atomic E-state index is -0.573. The zero-order valence-electron chi connectivity index (χ0n) is 8.09. The molecule has 0 atom stereocenters. The van der Waals surface area contributed by atoms with Gasteiger partial charge >= 0.3 is 0 Å². The summed E-state index contributed by atoms with van der Waals surface area (Å²) in [5.41, 5.74) is 0.288. The van der Waals surface area contributed by atoms with Crippen LogP contribution in [0.3, 0.4) is 0 Å². The molecule has 14 heavy (non-hydrogen) atoms. The molecule has 0 saturated heterocycles. The molecule has 1 aromatic rings. The van der Waals surface area contributed by atoms with E-state index >= 15 is 0 Å². The summed E-state index contributed by atoms with van der Waals surface area (Å²) in [7, 11) is 0. The molecule has 0 amide bonds. The first-order valence-electron chi connectivity index (χ1n) is 4.08. The summed E-state index contributed by atoms with van der Waals surface area (Å²) in [5, 5.41) is 0. The molecule has 4 heteroatoms. The second kappa shape index (κ2) is 3.89. The molecule has 78 valence electrons. The number of hydrogen-bond donors (Lipinski definition) is 0. The Kier molecular flexibility index (Phi) is 3.37. The largest absolute Gasteiger partial charge is 0.206 e. The summed E-state index contributed by atoms with van der Waals surface area (Å²) in [6.45, 7) is 5.70. The molecule has 0 N–H and O–H groups in total. The van der Waals surface area contributed by atoms with Crippen LogP contribution in [0.25, 0.3) is 0 Å². The normalized spacial score (nSPS) is 11.9. The molecule has 0 aromatic heterocycles. The van der Waals surface area contributed by atoms with Gasteiger partial charge in [0.2, 0.25) is 0 Å². The minimum absolute atomic E-state index is 0.318. The van der Waals surface area contributed by atoms with Crippen molar-refractivity contribution in [3.63, 3.8) is 0 Å². The van der Waals surface area contributed by atoms with Crippen LogP contribution in [0.2, 0.25) is 0 Å². The van der Waals surface area contributed by atoms with Gasteiger partial charge in [-0.15, -0.1) is 0 Å². The smallest absolute Gasteiger partial charge is 0.140 e. The van der Waals surface area contributed by atoms with E-state index in [9.17, 15) is 8.78 Å². The fraction of sp³-hybridized carbons (Fsp3) is 0.400. The van der Waals surface area contributed by atoms with Gasteiger partial charge in [0.15, 0.2) is 0 Å². The molecule has 0 saturated carbocycles. The maximum Gasteiger partial charge on any atom is 0.140 e. The fourth-order valence-electron chi connectivity index (χ4n) is 1.23. The van der Waals surface area contributed by atoms with E-state index in [0.717, 1.165) is 6.07 Å². The van der Waals surface area contributed by atoms with E-state index in [0.29, 0.717) is 14.5 Å². The van der Waals surface area contributed by atoms with E-state index < -0.39 is 11.6 Å². The topological polar surface area (TPSA) is 0 Å². The molecule has 0 bridgehead atoms.